The number of nitrogens with zero attached hydrogens (tertiary/aromatic N) is 2. The largest absolute Gasteiger partial charge is 0.294 e. The van der Waals surface area contributed by atoms with Crippen molar-refractivity contribution in [1.82, 2.24) is 4.57 Å². The van der Waals surface area contributed by atoms with E-state index in [1.807, 2.05) is 43.3 Å². The molecule has 0 fully saturated rings. The molecule has 0 saturated heterocycles. The van der Waals surface area contributed by atoms with Crippen molar-refractivity contribution in [2.75, 3.05) is 0 Å². The molecule has 164 valence electrons. The Bertz CT molecular complexity index is 1320. The number of rotatable bonds is 5. The molecule has 1 aromatic heterocycles. The highest BCUT2D eigenvalue weighted by molar-refractivity contribution is 5.75. The molecule has 0 aliphatic rings. The molecule has 0 aliphatic heterocycles. The van der Waals surface area contributed by atoms with Gasteiger partial charge in [0.25, 0.3) is 5.82 Å². The van der Waals surface area contributed by atoms with Crippen molar-refractivity contribution in [3.8, 4) is 28.2 Å². The lowest BCUT2D eigenvalue weighted by atomic mass is 9.91. The number of hydrogen-bond donors (Lipinski definition) is 0. The summed E-state index contributed by atoms with van der Waals surface area (Å²) in [4.78, 5) is 0. The maximum Gasteiger partial charge on any atom is 0.294 e. The summed E-state index contributed by atoms with van der Waals surface area (Å²) in [6.07, 6.45) is 4.21. The fraction of sp³-hybridized carbons (Fsp3) is 0.300. The summed E-state index contributed by atoms with van der Waals surface area (Å²) in [6.45, 7) is 8.74. The molecule has 4 aromatic rings. The predicted octanol–water partition coefficient (Wildman–Crippen LogP) is 7.50. The van der Waals surface area contributed by atoms with Crippen LogP contribution in [0, 0.1) is 13.8 Å². The maximum absolute atomic E-state index is 8.20. The van der Waals surface area contributed by atoms with Crippen LogP contribution in [0.3, 0.4) is 0 Å². The monoisotopic (exact) mass is 426 g/mol. The molecule has 0 amide bonds. The molecule has 0 atom stereocenters. The van der Waals surface area contributed by atoms with E-state index in [1.165, 1.54) is 16.8 Å². The Morgan fingerprint density at radius 2 is 1.47 bits per heavy atom. The van der Waals surface area contributed by atoms with Gasteiger partial charge in [-0.05, 0) is 53.9 Å². The lowest BCUT2D eigenvalue weighted by Crippen LogP contribution is -2.29. The Morgan fingerprint density at radius 1 is 0.812 bits per heavy atom. The molecule has 1 heterocycles. The topological polar surface area (TPSA) is 8.81 Å². The molecule has 0 spiro atoms. The van der Waals surface area contributed by atoms with Crippen LogP contribution in [-0.4, -0.2) is 4.57 Å². The molecule has 0 bridgehead atoms. The summed E-state index contributed by atoms with van der Waals surface area (Å²) in [5.74, 6) is 1.76. The first kappa shape index (κ1) is 18.4. The fourth-order valence-corrected chi connectivity index (χ4v) is 4.57. The van der Waals surface area contributed by atoms with Gasteiger partial charge in [0.05, 0.1) is 12.6 Å². The zero-order chi connectivity index (χ0) is 25.5. The van der Waals surface area contributed by atoms with Crippen molar-refractivity contribution in [3.05, 3.63) is 95.3 Å². The molecule has 2 nitrogen and oxygen atoms in total. The molecule has 3 aromatic carbocycles. The highest BCUT2D eigenvalue weighted by Gasteiger charge is 2.27. The summed E-state index contributed by atoms with van der Waals surface area (Å²) in [6, 6.07) is 20.3. The van der Waals surface area contributed by atoms with E-state index in [4.69, 9.17) is 4.11 Å². The van der Waals surface area contributed by atoms with Gasteiger partial charge in [0.1, 0.15) is 18.1 Å². The Kier molecular flexibility index (Phi) is 5.06. The molecule has 0 N–H and O–H groups in total. The van der Waals surface area contributed by atoms with E-state index in [0.29, 0.717) is 17.4 Å². The van der Waals surface area contributed by atoms with E-state index in [9.17, 15) is 0 Å². The third kappa shape index (κ3) is 3.90. The van der Waals surface area contributed by atoms with Crippen LogP contribution in [0.5, 0.6) is 0 Å². The maximum atomic E-state index is 8.20. The first-order valence-corrected chi connectivity index (χ1v) is 11.4. The standard InChI is InChI=1S/C30H35N2/c1-20(2)25-14-11-15-26(21(3)4)29(25)32-17-16-31(7)30(32)28-19-27(22(5)18-23(28)6)24-12-9-8-10-13-24/h8-21H,1-7H3/q+1/i5D3. The lowest BCUT2D eigenvalue weighted by molar-refractivity contribution is -0.659. The average Bonchev–Trinajstić information content (AvgIpc) is 3.19. The van der Waals surface area contributed by atoms with Crippen molar-refractivity contribution in [3.63, 3.8) is 0 Å². The minimum absolute atomic E-state index is 0.364. The van der Waals surface area contributed by atoms with Crippen molar-refractivity contribution < 1.29 is 8.68 Å². The van der Waals surface area contributed by atoms with Gasteiger partial charge in [0.2, 0.25) is 0 Å². The molecule has 0 saturated carbocycles. The van der Waals surface area contributed by atoms with Crippen molar-refractivity contribution in [2.24, 2.45) is 7.05 Å². The fourth-order valence-electron chi connectivity index (χ4n) is 4.57. The normalized spacial score (nSPS) is 13.3. The highest BCUT2D eigenvalue weighted by Crippen LogP contribution is 2.36. The first-order chi connectivity index (χ1) is 16.5. The molecule has 0 unspecified atom stereocenters. The van der Waals surface area contributed by atoms with Crippen molar-refractivity contribution >= 4 is 0 Å². The predicted molar refractivity (Wildman–Crippen MR) is 135 cm³/mol. The zero-order valence-corrected chi connectivity index (χ0v) is 20.0. The molecule has 2 heteroatoms. The number of imidazole rings is 1. The summed E-state index contributed by atoms with van der Waals surface area (Å²) in [5, 5.41) is 0. The van der Waals surface area contributed by atoms with Gasteiger partial charge in [0, 0.05) is 15.2 Å². The first-order valence-electron chi connectivity index (χ1n) is 12.9. The van der Waals surface area contributed by atoms with E-state index in [-0.39, 0.29) is 0 Å². The van der Waals surface area contributed by atoms with Crippen molar-refractivity contribution in [1.29, 1.82) is 0 Å². The average molecular weight is 427 g/mol. The lowest BCUT2D eigenvalue weighted by Gasteiger charge is -2.18. The van der Waals surface area contributed by atoms with E-state index in [2.05, 4.69) is 80.5 Å². The van der Waals surface area contributed by atoms with Gasteiger partial charge in [-0.3, -0.25) is 0 Å². The van der Waals surface area contributed by atoms with Crippen LogP contribution in [0.2, 0.25) is 0 Å². The van der Waals surface area contributed by atoms with Crippen molar-refractivity contribution in [2.45, 2.75) is 53.3 Å². The summed E-state index contributed by atoms with van der Waals surface area (Å²) in [7, 11) is 2.05. The number of hydrogen-bond acceptors (Lipinski definition) is 0. The Morgan fingerprint density at radius 3 is 2.06 bits per heavy atom. The van der Waals surface area contributed by atoms with Gasteiger partial charge in [0.15, 0.2) is 0 Å². The van der Waals surface area contributed by atoms with Crippen LogP contribution in [-0.2, 0) is 7.05 Å². The Labute approximate surface area is 197 Å². The Hall–Kier alpha value is -3.13. The highest BCUT2D eigenvalue weighted by atomic mass is 15.1. The number of para-hydroxylation sites is 1. The van der Waals surface area contributed by atoms with Gasteiger partial charge in [-0.1, -0.05) is 82.3 Å². The summed E-state index contributed by atoms with van der Waals surface area (Å²) < 4.78 is 29.0. The minimum atomic E-state index is -2.20. The van der Waals surface area contributed by atoms with Crippen LogP contribution in [0.15, 0.2) is 73.1 Å². The third-order valence-electron chi connectivity index (χ3n) is 6.28. The molecule has 4 rings (SSSR count). The van der Waals surface area contributed by atoms with Crippen LogP contribution in [0.4, 0.5) is 0 Å². The van der Waals surface area contributed by atoms with E-state index in [1.54, 1.807) is 0 Å². The second-order valence-corrected chi connectivity index (χ2v) is 9.28. The van der Waals surface area contributed by atoms with E-state index in [0.717, 1.165) is 28.1 Å². The van der Waals surface area contributed by atoms with Gasteiger partial charge in [-0.2, -0.15) is 4.57 Å². The SMILES string of the molecule is [2H]C([2H])([2H])c1cc(C)c(-c2n(-c3c(C(C)C)cccc3C(C)C)cc[n+]2C)cc1-c1ccccc1. The van der Waals surface area contributed by atoms with Gasteiger partial charge in [-0.25, -0.2) is 4.57 Å². The number of benzene rings is 3. The van der Waals surface area contributed by atoms with Crippen LogP contribution < -0.4 is 4.57 Å². The molecule has 0 radical (unpaired) electrons. The molecular weight excluding hydrogens is 388 g/mol. The van der Waals surface area contributed by atoms with Crippen LogP contribution >= 0.6 is 0 Å². The van der Waals surface area contributed by atoms with Gasteiger partial charge < -0.3 is 0 Å². The summed E-state index contributed by atoms with van der Waals surface area (Å²) >= 11 is 0. The second-order valence-electron chi connectivity index (χ2n) is 9.28. The smallest absolute Gasteiger partial charge is 0.232 e. The van der Waals surface area contributed by atoms with Gasteiger partial charge >= 0.3 is 0 Å². The van der Waals surface area contributed by atoms with E-state index < -0.39 is 6.85 Å². The molecule has 0 aliphatic carbocycles. The minimum Gasteiger partial charge on any atom is -0.232 e. The van der Waals surface area contributed by atoms with Gasteiger partial charge in [-0.15, -0.1) is 0 Å². The summed E-state index contributed by atoms with van der Waals surface area (Å²) in [5.41, 5.74) is 7.83. The van der Waals surface area contributed by atoms with Crippen LogP contribution in [0.1, 0.15) is 65.9 Å². The zero-order valence-electron chi connectivity index (χ0n) is 23.0. The third-order valence-corrected chi connectivity index (χ3v) is 6.28. The molecule has 32 heavy (non-hydrogen) atoms. The number of aryl methyl sites for hydroxylation is 3. The quantitative estimate of drug-likeness (QED) is 0.292. The van der Waals surface area contributed by atoms with E-state index >= 15 is 0 Å². The second kappa shape index (κ2) is 8.78. The number of aromatic nitrogens is 2. The molecular formula is C30H35N2+. The van der Waals surface area contributed by atoms with Crippen LogP contribution in [0.25, 0.3) is 28.2 Å². The Balaban J connectivity index is 2.05.